The summed E-state index contributed by atoms with van der Waals surface area (Å²) in [5.74, 6) is 0. The predicted molar refractivity (Wildman–Crippen MR) is 197 cm³/mol. The van der Waals surface area contributed by atoms with Crippen LogP contribution in [0.4, 0.5) is 0 Å². The fourth-order valence-corrected chi connectivity index (χ4v) is 8.25. The number of aromatic nitrogens is 2. The van der Waals surface area contributed by atoms with Gasteiger partial charge in [-0.15, -0.1) is 11.3 Å². The zero-order valence-corrected chi connectivity index (χ0v) is 25.6. The van der Waals surface area contributed by atoms with Crippen molar-refractivity contribution >= 4 is 71.2 Å². The Bertz CT molecular complexity index is 2790. The highest BCUT2D eigenvalue weighted by Gasteiger charge is 2.19. The minimum absolute atomic E-state index is 1.00. The number of thiophene rings is 1. The van der Waals surface area contributed by atoms with Crippen LogP contribution in [0.3, 0.4) is 0 Å². The van der Waals surface area contributed by atoms with Gasteiger partial charge in [-0.3, -0.25) is 4.40 Å². The van der Waals surface area contributed by atoms with E-state index in [1.807, 2.05) is 11.3 Å². The number of rotatable bonds is 3. The van der Waals surface area contributed by atoms with Gasteiger partial charge in [0.2, 0.25) is 0 Å². The summed E-state index contributed by atoms with van der Waals surface area (Å²) >= 11 is 1.84. The summed E-state index contributed by atoms with van der Waals surface area (Å²) < 4.78 is 2.40. The molecular weight excluding hydrogens is 577 g/mol. The second-order valence-electron chi connectivity index (χ2n) is 11.9. The molecule has 0 fully saturated rings. The molecule has 10 rings (SSSR count). The van der Waals surface area contributed by atoms with E-state index in [1.165, 1.54) is 80.7 Å². The van der Waals surface area contributed by atoms with E-state index in [4.69, 9.17) is 4.98 Å². The molecule has 0 aliphatic carbocycles. The second-order valence-corrected chi connectivity index (χ2v) is 13.0. The Labute approximate surface area is 269 Å². The zero-order valence-electron chi connectivity index (χ0n) is 24.8. The number of hydrogen-bond donors (Lipinski definition) is 0. The predicted octanol–water partition coefficient (Wildman–Crippen LogP) is 12.2. The van der Waals surface area contributed by atoms with Crippen LogP contribution in [0.25, 0.3) is 91.9 Å². The maximum absolute atomic E-state index is 5.38. The first-order valence-electron chi connectivity index (χ1n) is 15.6. The monoisotopic (exact) mass is 602 g/mol. The van der Waals surface area contributed by atoms with Crippen LogP contribution in [0.5, 0.6) is 0 Å². The van der Waals surface area contributed by atoms with Crippen LogP contribution >= 0.6 is 11.3 Å². The third-order valence-corrected chi connectivity index (χ3v) is 10.6. The average Bonchev–Trinajstić information content (AvgIpc) is 3.79. The van der Waals surface area contributed by atoms with Crippen molar-refractivity contribution in [3.63, 3.8) is 0 Å². The molecule has 3 heterocycles. The van der Waals surface area contributed by atoms with Crippen LogP contribution in [0.2, 0.25) is 0 Å². The number of hydrogen-bond acceptors (Lipinski definition) is 2. The highest BCUT2D eigenvalue weighted by Crippen LogP contribution is 2.41. The van der Waals surface area contributed by atoms with Gasteiger partial charge in [-0.2, -0.15) is 0 Å². The lowest BCUT2D eigenvalue weighted by molar-refractivity contribution is 1.32. The maximum atomic E-state index is 5.38. The van der Waals surface area contributed by atoms with Gasteiger partial charge in [0.25, 0.3) is 0 Å². The topological polar surface area (TPSA) is 17.3 Å². The van der Waals surface area contributed by atoms with Crippen LogP contribution < -0.4 is 0 Å². The van der Waals surface area contributed by atoms with Crippen molar-refractivity contribution in [2.75, 3.05) is 0 Å². The Morgan fingerprint density at radius 1 is 0.391 bits per heavy atom. The van der Waals surface area contributed by atoms with Crippen LogP contribution in [-0.2, 0) is 0 Å². The number of pyridine rings is 1. The van der Waals surface area contributed by atoms with Gasteiger partial charge >= 0.3 is 0 Å². The summed E-state index contributed by atoms with van der Waals surface area (Å²) in [6.45, 7) is 0. The molecular formula is C43H26N2S. The Morgan fingerprint density at radius 3 is 1.63 bits per heavy atom. The molecule has 214 valence electrons. The molecule has 0 amide bonds. The van der Waals surface area contributed by atoms with Gasteiger partial charge in [-0.05, 0) is 62.7 Å². The van der Waals surface area contributed by atoms with Crippen LogP contribution in [0, 0.1) is 0 Å². The van der Waals surface area contributed by atoms with Crippen molar-refractivity contribution in [3.8, 4) is 32.0 Å². The van der Waals surface area contributed by atoms with Crippen LogP contribution in [-0.4, -0.2) is 9.38 Å². The van der Waals surface area contributed by atoms with Gasteiger partial charge < -0.3 is 0 Å². The zero-order chi connectivity index (χ0) is 30.2. The molecule has 0 saturated carbocycles. The summed E-state index contributed by atoms with van der Waals surface area (Å²) in [4.78, 5) is 7.95. The minimum Gasteiger partial charge on any atom is -0.291 e. The van der Waals surface area contributed by atoms with Crippen molar-refractivity contribution in [1.82, 2.24) is 9.38 Å². The Hall–Kier alpha value is -5.77. The maximum Gasteiger partial charge on any atom is 0.146 e. The third kappa shape index (κ3) is 3.73. The number of benzene rings is 7. The first-order valence-corrected chi connectivity index (χ1v) is 16.5. The van der Waals surface area contributed by atoms with Gasteiger partial charge in [-0.1, -0.05) is 133 Å². The molecule has 0 atom stereocenters. The molecule has 0 spiro atoms. The standard InChI is InChI=1S/C43H26N2S/c1-2-10-28(11-3-1)39-24-25-40(46-39)29-20-18-27(19-21-29)30-22-23-38-37(26-30)33-14-6-9-17-36(33)43-44-41-34-15-7-4-12-31(34)32-13-5-8-16-35(32)42(41)45(38)43/h1-26H. The molecule has 3 aromatic heterocycles. The largest absolute Gasteiger partial charge is 0.291 e. The van der Waals surface area contributed by atoms with Crippen molar-refractivity contribution in [2.45, 2.75) is 0 Å². The summed E-state index contributed by atoms with van der Waals surface area (Å²) in [5.41, 5.74) is 9.32. The van der Waals surface area contributed by atoms with Crippen LogP contribution in [0.1, 0.15) is 0 Å². The van der Waals surface area contributed by atoms with Crippen LogP contribution in [0.15, 0.2) is 158 Å². The second kappa shape index (κ2) is 9.87. The Kier molecular flexibility index (Phi) is 5.48. The summed E-state index contributed by atoms with van der Waals surface area (Å²) in [5, 5.41) is 8.53. The van der Waals surface area contributed by atoms with Gasteiger partial charge in [0.05, 0.1) is 16.6 Å². The quantitative estimate of drug-likeness (QED) is 0.184. The third-order valence-electron chi connectivity index (χ3n) is 9.39. The number of imidazole rings is 1. The first-order chi connectivity index (χ1) is 22.8. The van der Waals surface area contributed by atoms with E-state index in [0.717, 1.165) is 11.2 Å². The molecule has 0 radical (unpaired) electrons. The van der Waals surface area contributed by atoms with Gasteiger partial charge in [0, 0.05) is 31.3 Å². The lowest BCUT2D eigenvalue weighted by Gasteiger charge is -2.12. The van der Waals surface area contributed by atoms with E-state index in [1.54, 1.807) is 0 Å². The molecule has 7 aromatic carbocycles. The van der Waals surface area contributed by atoms with Crippen molar-refractivity contribution in [3.05, 3.63) is 158 Å². The van der Waals surface area contributed by atoms with Crippen molar-refractivity contribution < 1.29 is 0 Å². The molecule has 0 aliphatic heterocycles. The van der Waals surface area contributed by atoms with E-state index in [0.29, 0.717) is 0 Å². The van der Waals surface area contributed by atoms with Gasteiger partial charge in [-0.25, -0.2) is 4.98 Å². The SMILES string of the molecule is c1ccc(-c2ccc(-c3ccc(-c4ccc5c(c4)c4ccccc4c4nc6c7ccccc7c7ccccc7c6n54)cc3)s2)cc1. The van der Waals surface area contributed by atoms with E-state index in [-0.39, 0.29) is 0 Å². The summed E-state index contributed by atoms with van der Waals surface area (Å²) in [6.07, 6.45) is 0. The molecule has 0 saturated heterocycles. The minimum atomic E-state index is 1.00. The molecule has 10 aromatic rings. The molecule has 0 N–H and O–H groups in total. The summed E-state index contributed by atoms with van der Waals surface area (Å²) in [6, 6.07) is 57.1. The fourth-order valence-electron chi connectivity index (χ4n) is 7.24. The molecule has 3 heteroatoms. The molecule has 2 nitrogen and oxygen atoms in total. The Morgan fingerprint density at radius 2 is 0.913 bits per heavy atom. The number of fused-ring (bicyclic) bond motifs is 13. The normalized spacial score (nSPS) is 11.9. The lowest BCUT2D eigenvalue weighted by atomic mass is 9.98. The number of nitrogens with zero attached hydrogens (tertiary/aromatic N) is 2. The van der Waals surface area contributed by atoms with E-state index in [9.17, 15) is 0 Å². The summed E-state index contributed by atoms with van der Waals surface area (Å²) in [7, 11) is 0. The highest BCUT2D eigenvalue weighted by molar-refractivity contribution is 7.18. The molecule has 0 bridgehead atoms. The molecule has 46 heavy (non-hydrogen) atoms. The lowest BCUT2D eigenvalue weighted by Crippen LogP contribution is -1.93. The van der Waals surface area contributed by atoms with Gasteiger partial charge in [0.1, 0.15) is 5.65 Å². The van der Waals surface area contributed by atoms with Gasteiger partial charge in [0.15, 0.2) is 0 Å². The first kappa shape index (κ1) is 25.5. The van der Waals surface area contributed by atoms with E-state index < -0.39 is 0 Å². The highest BCUT2D eigenvalue weighted by atomic mass is 32.1. The molecule has 0 aliphatic rings. The van der Waals surface area contributed by atoms with E-state index >= 15 is 0 Å². The Balaban J connectivity index is 1.18. The van der Waals surface area contributed by atoms with Crippen molar-refractivity contribution in [1.29, 1.82) is 0 Å². The smallest absolute Gasteiger partial charge is 0.146 e. The fraction of sp³-hybridized carbons (Fsp3) is 0. The molecule has 0 unspecified atom stereocenters. The van der Waals surface area contributed by atoms with E-state index in [2.05, 4.69) is 162 Å². The van der Waals surface area contributed by atoms with Crippen molar-refractivity contribution in [2.24, 2.45) is 0 Å². The average molecular weight is 603 g/mol.